The number of carbonyl (C=O) groups is 8. The van der Waals surface area contributed by atoms with E-state index in [1.54, 1.807) is 125 Å². The molecule has 0 unspecified atom stereocenters. The van der Waals surface area contributed by atoms with Gasteiger partial charge in [-0.1, -0.05) is 66.7 Å². The number of methoxy groups -OCH3 is 9. The Labute approximate surface area is 782 Å². The highest BCUT2D eigenvalue weighted by molar-refractivity contribution is 8.00. The van der Waals surface area contributed by atoms with Crippen molar-refractivity contribution >= 4 is 123 Å². The molecule has 5 aliphatic rings. The van der Waals surface area contributed by atoms with Crippen molar-refractivity contribution in [3.05, 3.63) is 257 Å². The van der Waals surface area contributed by atoms with Crippen LogP contribution in [-0.2, 0) is 65.6 Å². The lowest BCUT2D eigenvalue weighted by Gasteiger charge is -2.18. The number of thioether (sulfide) groups is 4. The van der Waals surface area contributed by atoms with Crippen LogP contribution in [0.3, 0.4) is 0 Å². The summed E-state index contributed by atoms with van der Waals surface area (Å²) in [4.78, 5) is 111. The minimum absolute atomic E-state index is 0.0418. The minimum atomic E-state index is -1.16. The smallest absolute Gasteiger partial charge is 0.341 e. The van der Waals surface area contributed by atoms with E-state index in [2.05, 4.69) is 12.1 Å². The molecule has 0 fully saturated rings. The molecule has 0 saturated carbocycles. The summed E-state index contributed by atoms with van der Waals surface area (Å²) in [5.74, 6) is 7.32. The number of carbonyl (C=O) groups excluding carboxylic acids is 7. The van der Waals surface area contributed by atoms with E-state index in [4.69, 9.17) is 52.5 Å². The predicted octanol–water partition coefficient (Wildman–Crippen LogP) is 19.5. The highest BCUT2D eigenvalue weighted by Crippen LogP contribution is 2.40. The fraction of sp³-hybridized carbons (Fsp3) is 0.333. The van der Waals surface area contributed by atoms with Gasteiger partial charge in [-0.3, -0.25) is 24.0 Å². The molecule has 29 heteroatoms. The summed E-state index contributed by atoms with van der Waals surface area (Å²) in [7, 11) is 14.2. The van der Waals surface area contributed by atoms with Crippen LogP contribution in [0.1, 0.15) is 123 Å². The molecule has 0 aromatic heterocycles. The molecule has 5 heterocycles. The van der Waals surface area contributed by atoms with Gasteiger partial charge in [0.05, 0.1) is 110 Å². The van der Waals surface area contributed by atoms with Gasteiger partial charge in [-0.25, -0.2) is 18.8 Å². The van der Waals surface area contributed by atoms with E-state index in [0.29, 0.717) is 92.2 Å². The standard InChI is InChI=1S/C21H23NO5.C21H23NO4S.C20H20FNO4S.2C20H23NO3S/c2*1-25-16-10-9-15-11-12-22(18(15)14-16)20(23)8-5-13-27-19-7-4-3-6-17(19)21(24)26-2;1-26-15-6-4-13-8-9-22(17(13)12-15)19(23)3-2-10-27-18-7-5-14(21)11-16(18)20(24)25;1-23-16-7-9-18(10-8-16)25-13-3-4-20(22)21-12-11-15-5-6-17(24-2)14-19(15)21;1-23-16-10-9-15-11-12-21(17(15)14-16)20(22)8-5-13-25-19-7-4-3-6-18(19)24-2/h2*3-4,6-7,9-10,14H,5,8,11-13H2,1-2H3;4-7,11-12H,2-3,8-10H2,1H3,(H,24,25);5-10,14H,3-4,11-13H2,1-2H3;3-4,6-7,9-10,14H,5,8,11-13H2,1-2H3. The molecule has 10 aromatic carbocycles. The number of hydrogen-bond acceptors (Lipinski definition) is 22. The van der Waals surface area contributed by atoms with Gasteiger partial charge in [0.2, 0.25) is 29.5 Å². The first-order chi connectivity index (χ1) is 63.7. The third-order valence-corrected chi connectivity index (χ3v) is 26.9. The first-order valence-electron chi connectivity index (χ1n) is 43.4. The number of halogens is 1. The molecule has 0 spiro atoms. The van der Waals surface area contributed by atoms with Crippen molar-refractivity contribution in [1.29, 1.82) is 0 Å². The van der Waals surface area contributed by atoms with Gasteiger partial charge in [-0.15, -0.1) is 47.0 Å². The summed E-state index contributed by atoms with van der Waals surface area (Å²) >= 11 is 6.40. The topological polar surface area (TPSA) is 265 Å². The number of ether oxygens (including phenoxy) is 10. The van der Waals surface area contributed by atoms with Crippen LogP contribution < -0.4 is 62.4 Å². The number of carboxylic acids is 1. The Balaban J connectivity index is 0.000000158. The lowest BCUT2D eigenvalue weighted by atomic mass is 10.1. The molecule has 10 aromatic rings. The molecule has 5 aliphatic heterocycles. The number of esters is 2. The first-order valence-corrected chi connectivity index (χ1v) is 47.3. The van der Waals surface area contributed by atoms with Crippen molar-refractivity contribution in [3.63, 3.8) is 0 Å². The van der Waals surface area contributed by atoms with Crippen LogP contribution in [0.25, 0.3) is 0 Å². The second-order valence-electron chi connectivity index (χ2n) is 30.5. The summed E-state index contributed by atoms with van der Waals surface area (Å²) in [6.45, 7) is 3.95. The van der Waals surface area contributed by atoms with Crippen molar-refractivity contribution in [1.82, 2.24) is 0 Å². The largest absolute Gasteiger partial charge is 0.497 e. The number of hydrogen-bond donors (Lipinski definition) is 1. The predicted molar refractivity (Wildman–Crippen MR) is 515 cm³/mol. The van der Waals surface area contributed by atoms with E-state index in [1.807, 2.05) is 160 Å². The van der Waals surface area contributed by atoms with Gasteiger partial charge in [-0.05, 0) is 224 Å². The quantitative estimate of drug-likeness (QED) is 0.0220. The zero-order chi connectivity index (χ0) is 93.1. The fourth-order valence-electron chi connectivity index (χ4n) is 15.4. The van der Waals surface area contributed by atoms with E-state index < -0.39 is 17.8 Å². The van der Waals surface area contributed by atoms with Gasteiger partial charge in [0.1, 0.15) is 57.4 Å². The van der Waals surface area contributed by atoms with Crippen LogP contribution in [-0.4, -0.2) is 179 Å². The Morgan fingerprint density at radius 2 is 0.626 bits per heavy atom. The molecule has 690 valence electrons. The zero-order valence-electron chi connectivity index (χ0n) is 75.4. The summed E-state index contributed by atoms with van der Waals surface area (Å²) < 4.78 is 65.3. The molecule has 0 atom stereocenters. The van der Waals surface area contributed by atoms with Crippen LogP contribution in [0.2, 0.25) is 0 Å². The molecular formula is C102H112FN5O19S4. The normalized spacial score (nSPS) is 12.7. The van der Waals surface area contributed by atoms with E-state index in [9.17, 15) is 42.7 Å². The molecule has 131 heavy (non-hydrogen) atoms. The number of nitrogens with zero attached hydrogens (tertiary/aromatic N) is 5. The van der Waals surface area contributed by atoms with Crippen LogP contribution in [0, 0.1) is 5.82 Å². The number of fused-ring (bicyclic) bond motifs is 5. The van der Waals surface area contributed by atoms with E-state index in [1.165, 1.54) is 59.7 Å². The number of rotatable bonds is 35. The Kier molecular flexibility index (Phi) is 38.5. The Hall–Kier alpha value is -12.3. The maximum Gasteiger partial charge on any atom is 0.341 e. The molecule has 5 amide bonds. The maximum atomic E-state index is 13.2. The molecular weight excluding hydrogens is 1750 g/mol. The number of aromatic carboxylic acids is 1. The van der Waals surface area contributed by atoms with Crippen molar-refractivity contribution in [2.75, 3.05) is 151 Å². The Morgan fingerprint density at radius 1 is 0.313 bits per heavy atom. The number of benzene rings is 10. The van der Waals surface area contributed by atoms with E-state index in [-0.39, 0.29) is 41.1 Å². The van der Waals surface area contributed by atoms with Crippen molar-refractivity contribution < 1.29 is 95.2 Å². The highest BCUT2D eigenvalue weighted by Gasteiger charge is 2.31. The Bertz CT molecular complexity index is 5450. The first kappa shape index (κ1) is 99.3. The van der Waals surface area contributed by atoms with Gasteiger partial charge >= 0.3 is 17.9 Å². The monoisotopic (exact) mass is 1860 g/mol. The second kappa shape index (κ2) is 50.8. The van der Waals surface area contributed by atoms with Crippen LogP contribution >= 0.6 is 47.0 Å². The van der Waals surface area contributed by atoms with Crippen molar-refractivity contribution in [3.8, 4) is 46.0 Å². The highest BCUT2D eigenvalue weighted by atomic mass is 32.2. The summed E-state index contributed by atoms with van der Waals surface area (Å²) in [6.07, 6.45) is 10.4. The van der Waals surface area contributed by atoms with E-state index in [0.717, 1.165) is 184 Å². The van der Waals surface area contributed by atoms with Crippen LogP contribution in [0.5, 0.6) is 46.0 Å². The average molecular weight is 1860 g/mol. The second-order valence-corrected chi connectivity index (χ2v) is 35.0. The lowest BCUT2D eigenvalue weighted by molar-refractivity contribution is -0.119. The number of anilines is 5. The third kappa shape index (κ3) is 27.6. The SMILES string of the molecule is COC(=O)c1ccccc1OCCCC(=O)N1CCc2ccc(OC)cc21.COC(=O)c1ccccc1SCCCC(=O)N1CCc2ccc(OC)cc21.COc1ccc(SCCCC(=O)N2CCc3ccc(OC)cc32)cc1.COc1ccc2c(c1)N(C(=O)CCCSc1ccc(F)cc1C(=O)O)CC2.COc1ccc2c(c1)N(C(=O)CCCSc1ccccc1OC)CC2. The Morgan fingerprint density at radius 3 is 0.992 bits per heavy atom. The number of para-hydroxylation sites is 2. The van der Waals surface area contributed by atoms with Gasteiger partial charge in [-0.2, -0.15) is 0 Å². The molecule has 0 bridgehead atoms. The molecule has 0 aliphatic carbocycles. The summed E-state index contributed by atoms with van der Waals surface area (Å²) in [5.41, 5.74) is 11.6. The molecule has 15 rings (SSSR count). The molecule has 24 nitrogen and oxygen atoms in total. The maximum absolute atomic E-state index is 13.2. The zero-order valence-corrected chi connectivity index (χ0v) is 78.6. The minimum Gasteiger partial charge on any atom is -0.497 e. The van der Waals surface area contributed by atoms with Gasteiger partial charge in [0.15, 0.2) is 0 Å². The molecule has 1 N–H and O–H groups in total. The number of carboxylic acid groups (broad SMARTS) is 1. The number of amides is 5. The van der Waals surface area contributed by atoms with E-state index >= 15 is 0 Å². The fourth-order valence-corrected chi connectivity index (χ4v) is 19.2. The molecule has 0 saturated heterocycles. The lowest BCUT2D eigenvalue weighted by Crippen LogP contribution is -2.29. The van der Waals surface area contributed by atoms with Gasteiger partial charge < -0.3 is 77.0 Å². The molecule has 0 radical (unpaired) electrons. The van der Waals surface area contributed by atoms with Crippen molar-refractivity contribution in [2.45, 2.75) is 116 Å². The van der Waals surface area contributed by atoms with Crippen LogP contribution in [0.15, 0.2) is 226 Å². The summed E-state index contributed by atoms with van der Waals surface area (Å²) in [6, 6.07) is 63.5. The summed E-state index contributed by atoms with van der Waals surface area (Å²) in [5, 5.41) is 9.16. The van der Waals surface area contributed by atoms with Gasteiger partial charge in [0.25, 0.3) is 0 Å². The van der Waals surface area contributed by atoms with Crippen molar-refractivity contribution in [2.24, 2.45) is 0 Å². The average Bonchev–Trinajstić information content (AvgIpc) is 1.57. The third-order valence-electron chi connectivity index (χ3n) is 22.3. The van der Waals surface area contributed by atoms with Gasteiger partial charge in [0, 0.05) is 115 Å². The van der Waals surface area contributed by atoms with Crippen LogP contribution in [0.4, 0.5) is 32.8 Å².